The van der Waals surface area contributed by atoms with Gasteiger partial charge in [-0.2, -0.15) is 0 Å². The zero-order valence-corrected chi connectivity index (χ0v) is 18.5. The van der Waals surface area contributed by atoms with Crippen LogP contribution in [0.5, 0.6) is 0 Å². The standard InChI is InChI=1S/C24H42O4/c1-17(15-24(13-14-24)19-7-9-20(25)10-8-19)18-5-11-21(12-6-18)27-16-22(26)28-23(2,3)4/h17-21,25H,5-16H2,1-4H3. The molecule has 4 nitrogen and oxygen atoms in total. The molecule has 0 aromatic rings. The molecule has 0 bridgehead atoms. The van der Waals surface area contributed by atoms with Gasteiger partial charge < -0.3 is 14.6 Å². The van der Waals surface area contributed by atoms with Crippen LogP contribution in [0, 0.1) is 23.2 Å². The summed E-state index contributed by atoms with van der Waals surface area (Å²) in [6, 6.07) is 0. The van der Waals surface area contributed by atoms with Gasteiger partial charge >= 0.3 is 5.97 Å². The number of aliphatic hydroxyl groups is 1. The van der Waals surface area contributed by atoms with E-state index in [1.165, 1.54) is 44.9 Å². The summed E-state index contributed by atoms with van der Waals surface area (Å²) >= 11 is 0. The Hall–Kier alpha value is -0.610. The average Bonchev–Trinajstić information content (AvgIpc) is 3.40. The Morgan fingerprint density at radius 2 is 1.64 bits per heavy atom. The molecule has 0 spiro atoms. The van der Waals surface area contributed by atoms with Crippen LogP contribution in [0.15, 0.2) is 0 Å². The molecule has 3 aliphatic rings. The summed E-state index contributed by atoms with van der Waals surface area (Å²) in [6.07, 6.45) is 13.5. The van der Waals surface area contributed by atoms with Gasteiger partial charge in [0.05, 0.1) is 12.2 Å². The number of aliphatic hydroxyl groups excluding tert-OH is 1. The first-order valence-corrected chi connectivity index (χ1v) is 11.7. The Bertz CT molecular complexity index is 503. The van der Waals surface area contributed by atoms with E-state index in [4.69, 9.17) is 9.47 Å². The van der Waals surface area contributed by atoms with E-state index < -0.39 is 5.60 Å². The number of carbonyl (C=O) groups is 1. The predicted molar refractivity (Wildman–Crippen MR) is 111 cm³/mol. The molecule has 3 fully saturated rings. The molecule has 0 aromatic heterocycles. The summed E-state index contributed by atoms with van der Waals surface area (Å²) in [5.74, 6) is 2.18. The summed E-state index contributed by atoms with van der Waals surface area (Å²) < 4.78 is 11.2. The van der Waals surface area contributed by atoms with Crippen molar-refractivity contribution < 1.29 is 19.4 Å². The molecule has 0 aromatic carbocycles. The van der Waals surface area contributed by atoms with Gasteiger partial charge in [-0.05, 0) is 115 Å². The minimum Gasteiger partial charge on any atom is -0.458 e. The van der Waals surface area contributed by atoms with Crippen molar-refractivity contribution in [3.05, 3.63) is 0 Å². The van der Waals surface area contributed by atoms with Crippen LogP contribution in [0.25, 0.3) is 0 Å². The van der Waals surface area contributed by atoms with Crippen molar-refractivity contribution in [2.24, 2.45) is 23.2 Å². The molecule has 0 amide bonds. The maximum absolute atomic E-state index is 11.8. The second-order valence-electron chi connectivity index (χ2n) is 11.0. The van der Waals surface area contributed by atoms with Crippen molar-refractivity contribution in [3.63, 3.8) is 0 Å². The maximum atomic E-state index is 11.8. The molecule has 4 heteroatoms. The lowest BCUT2D eigenvalue weighted by molar-refractivity contribution is -0.163. The average molecular weight is 395 g/mol. The minimum atomic E-state index is -0.442. The van der Waals surface area contributed by atoms with Crippen molar-refractivity contribution in [2.75, 3.05) is 6.61 Å². The van der Waals surface area contributed by atoms with Crippen molar-refractivity contribution in [1.29, 1.82) is 0 Å². The van der Waals surface area contributed by atoms with Gasteiger partial charge in [-0.1, -0.05) is 6.92 Å². The fourth-order valence-electron chi connectivity index (χ4n) is 5.82. The van der Waals surface area contributed by atoms with Crippen molar-refractivity contribution in [2.45, 2.75) is 116 Å². The van der Waals surface area contributed by atoms with Gasteiger partial charge in [0.1, 0.15) is 12.2 Å². The second-order valence-corrected chi connectivity index (χ2v) is 11.0. The Morgan fingerprint density at radius 3 is 2.18 bits per heavy atom. The van der Waals surface area contributed by atoms with Gasteiger partial charge in [-0.3, -0.25) is 0 Å². The first-order valence-electron chi connectivity index (χ1n) is 11.7. The molecule has 0 heterocycles. The zero-order chi connectivity index (χ0) is 20.4. The van der Waals surface area contributed by atoms with Crippen LogP contribution in [0.3, 0.4) is 0 Å². The van der Waals surface area contributed by atoms with E-state index in [1.54, 1.807) is 0 Å². The van der Waals surface area contributed by atoms with Crippen molar-refractivity contribution >= 4 is 5.97 Å². The first-order chi connectivity index (χ1) is 13.2. The Kier molecular flexibility index (Phi) is 7.13. The lowest BCUT2D eigenvalue weighted by Crippen LogP contribution is -2.32. The molecule has 3 rings (SSSR count). The maximum Gasteiger partial charge on any atom is 0.332 e. The Labute approximate surface area is 171 Å². The van der Waals surface area contributed by atoms with Gasteiger partial charge in [-0.15, -0.1) is 0 Å². The largest absolute Gasteiger partial charge is 0.458 e. The van der Waals surface area contributed by atoms with Crippen LogP contribution < -0.4 is 0 Å². The fourth-order valence-corrected chi connectivity index (χ4v) is 5.82. The van der Waals surface area contributed by atoms with E-state index in [9.17, 15) is 9.90 Å². The highest BCUT2D eigenvalue weighted by molar-refractivity contribution is 5.71. The molecule has 0 saturated heterocycles. The van der Waals surface area contributed by atoms with Gasteiger partial charge in [0.25, 0.3) is 0 Å². The highest BCUT2D eigenvalue weighted by atomic mass is 16.6. The number of hydrogen-bond acceptors (Lipinski definition) is 4. The second kappa shape index (κ2) is 9.04. The van der Waals surface area contributed by atoms with Crippen molar-refractivity contribution in [1.82, 2.24) is 0 Å². The SMILES string of the molecule is CC(CC1(C2CCC(O)CC2)CC1)C1CCC(OCC(=O)OC(C)(C)C)CC1. The Balaban J connectivity index is 1.37. The van der Waals surface area contributed by atoms with E-state index in [0.29, 0.717) is 5.41 Å². The van der Waals surface area contributed by atoms with Crippen LogP contribution in [0.2, 0.25) is 0 Å². The Morgan fingerprint density at radius 1 is 1.04 bits per heavy atom. The van der Waals surface area contributed by atoms with E-state index in [1.807, 2.05) is 20.8 Å². The third-order valence-corrected chi connectivity index (χ3v) is 7.56. The number of esters is 1. The fraction of sp³-hybridized carbons (Fsp3) is 0.958. The highest BCUT2D eigenvalue weighted by Gasteiger charge is 2.50. The van der Waals surface area contributed by atoms with Crippen LogP contribution in [0.1, 0.15) is 98.3 Å². The molecule has 0 aliphatic heterocycles. The molecular weight excluding hydrogens is 352 g/mol. The smallest absolute Gasteiger partial charge is 0.332 e. The first kappa shape index (κ1) is 22.1. The van der Waals surface area contributed by atoms with Gasteiger partial charge in [0, 0.05) is 0 Å². The van der Waals surface area contributed by atoms with E-state index >= 15 is 0 Å². The molecule has 0 radical (unpaired) electrons. The summed E-state index contributed by atoms with van der Waals surface area (Å²) in [7, 11) is 0. The lowest BCUT2D eigenvalue weighted by atomic mass is 9.69. The van der Waals surface area contributed by atoms with Gasteiger partial charge in [-0.25, -0.2) is 4.79 Å². The molecule has 1 unspecified atom stereocenters. The highest BCUT2D eigenvalue weighted by Crippen LogP contribution is 2.61. The quantitative estimate of drug-likeness (QED) is 0.598. The summed E-state index contributed by atoms with van der Waals surface area (Å²) in [5, 5.41) is 9.82. The lowest BCUT2D eigenvalue weighted by Gasteiger charge is -2.38. The summed E-state index contributed by atoms with van der Waals surface area (Å²) in [6.45, 7) is 8.21. The van der Waals surface area contributed by atoms with Crippen LogP contribution in [0.4, 0.5) is 0 Å². The predicted octanol–water partition coefficient (Wildman–Crippen LogP) is 5.26. The molecule has 1 N–H and O–H groups in total. The van der Waals surface area contributed by atoms with E-state index in [2.05, 4.69) is 6.92 Å². The molecule has 3 saturated carbocycles. The van der Waals surface area contributed by atoms with E-state index in [0.717, 1.165) is 43.4 Å². The summed E-state index contributed by atoms with van der Waals surface area (Å²) in [5.41, 5.74) is 0.159. The van der Waals surface area contributed by atoms with Gasteiger partial charge in [0.15, 0.2) is 0 Å². The number of hydrogen-bond donors (Lipinski definition) is 1. The van der Waals surface area contributed by atoms with E-state index in [-0.39, 0.29) is 24.8 Å². The third kappa shape index (κ3) is 6.19. The van der Waals surface area contributed by atoms with Gasteiger partial charge in [0.2, 0.25) is 0 Å². The topological polar surface area (TPSA) is 55.8 Å². The molecule has 1 atom stereocenters. The van der Waals surface area contributed by atoms with Crippen LogP contribution in [-0.4, -0.2) is 35.5 Å². The van der Waals surface area contributed by atoms with Crippen LogP contribution >= 0.6 is 0 Å². The molecule has 3 aliphatic carbocycles. The normalized spacial score (nSPS) is 33.9. The minimum absolute atomic E-state index is 0.0413. The van der Waals surface area contributed by atoms with Crippen LogP contribution in [-0.2, 0) is 14.3 Å². The number of rotatable bonds is 7. The van der Waals surface area contributed by atoms with Crippen molar-refractivity contribution in [3.8, 4) is 0 Å². The number of ether oxygens (including phenoxy) is 2. The number of carbonyl (C=O) groups excluding carboxylic acids is 1. The zero-order valence-electron chi connectivity index (χ0n) is 18.5. The monoisotopic (exact) mass is 394 g/mol. The summed E-state index contributed by atoms with van der Waals surface area (Å²) in [4.78, 5) is 11.8. The molecule has 162 valence electrons. The third-order valence-electron chi connectivity index (χ3n) is 7.56. The molecule has 28 heavy (non-hydrogen) atoms. The molecular formula is C24H42O4.